The minimum atomic E-state index is 1.11. The van der Waals surface area contributed by atoms with Crippen molar-refractivity contribution in [2.45, 2.75) is 6.92 Å². The van der Waals surface area contributed by atoms with Gasteiger partial charge in [0.2, 0.25) is 0 Å². The number of aryl methyl sites for hydroxylation is 1. The van der Waals surface area contributed by atoms with Crippen molar-refractivity contribution in [3.63, 3.8) is 0 Å². The summed E-state index contributed by atoms with van der Waals surface area (Å²) >= 11 is 0. The van der Waals surface area contributed by atoms with Gasteiger partial charge in [-0.1, -0.05) is 6.07 Å². The Morgan fingerprint density at radius 2 is 2.27 bits per heavy atom. The van der Waals surface area contributed by atoms with Gasteiger partial charge in [0.25, 0.3) is 0 Å². The van der Waals surface area contributed by atoms with Gasteiger partial charge in [-0.15, -0.1) is 0 Å². The highest BCUT2D eigenvalue weighted by molar-refractivity contribution is 6.37. The van der Waals surface area contributed by atoms with Crippen LogP contribution in [0.4, 0.5) is 0 Å². The van der Waals surface area contributed by atoms with Crippen LogP contribution < -0.4 is 5.46 Å². The Kier molecular flexibility index (Phi) is 1.25. The summed E-state index contributed by atoms with van der Waals surface area (Å²) in [6.07, 6.45) is 1.97. The van der Waals surface area contributed by atoms with E-state index in [9.17, 15) is 0 Å². The van der Waals surface area contributed by atoms with E-state index in [1.54, 1.807) is 0 Å². The Morgan fingerprint density at radius 1 is 1.45 bits per heavy atom. The third-order valence-corrected chi connectivity index (χ3v) is 2.02. The molecule has 0 N–H and O–H groups in total. The summed E-state index contributed by atoms with van der Waals surface area (Å²) in [6.45, 7) is 2.03. The molecular weight excluding hydrogens is 135 g/mol. The second-order valence-electron chi connectivity index (χ2n) is 2.74. The van der Waals surface area contributed by atoms with Gasteiger partial charge in [0, 0.05) is 6.20 Å². The molecular formula is C8H9BN2. The zero-order chi connectivity index (χ0) is 7.84. The molecule has 54 valence electrons. The van der Waals surface area contributed by atoms with Crippen LogP contribution in [0.1, 0.15) is 5.69 Å². The maximum Gasteiger partial charge on any atom is 0.144 e. The van der Waals surface area contributed by atoms with Gasteiger partial charge in [-0.3, -0.25) is 0 Å². The normalized spacial score (nSPS) is 10.6. The quantitative estimate of drug-likeness (QED) is 0.472. The van der Waals surface area contributed by atoms with Crippen LogP contribution in [0.5, 0.6) is 0 Å². The molecule has 0 aliphatic carbocycles. The van der Waals surface area contributed by atoms with Crippen LogP contribution in [0.3, 0.4) is 0 Å². The molecule has 2 rings (SSSR count). The molecule has 2 nitrogen and oxygen atoms in total. The smallest absolute Gasteiger partial charge is 0.144 e. The third kappa shape index (κ3) is 0.844. The second-order valence-corrected chi connectivity index (χ2v) is 2.74. The lowest BCUT2D eigenvalue weighted by Gasteiger charge is -1.89. The van der Waals surface area contributed by atoms with Crippen molar-refractivity contribution >= 4 is 18.8 Å². The van der Waals surface area contributed by atoms with E-state index < -0.39 is 0 Å². The Balaban J connectivity index is 2.92. The first-order valence-electron chi connectivity index (χ1n) is 3.69. The molecule has 3 heteroatoms. The maximum absolute atomic E-state index is 4.33. The molecule has 0 amide bonds. The van der Waals surface area contributed by atoms with Gasteiger partial charge >= 0.3 is 0 Å². The summed E-state index contributed by atoms with van der Waals surface area (Å²) in [5.41, 5.74) is 3.58. The molecule has 0 saturated heterocycles. The molecule has 0 fully saturated rings. The summed E-state index contributed by atoms with van der Waals surface area (Å²) in [7, 11) is 2.09. The van der Waals surface area contributed by atoms with Gasteiger partial charge in [-0.05, 0) is 24.5 Å². The topological polar surface area (TPSA) is 17.3 Å². The number of hydrogen-bond donors (Lipinski definition) is 0. The zero-order valence-corrected chi connectivity index (χ0v) is 6.70. The maximum atomic E-state index is 4.33. The number of rotatable bonds is 0. The summed E-state index contributed by atoms with van der Waals surface area (Å²) in [4.78, 5) is 0. The van der Waals surface area contributed by atoms with Crippen LogP contribution in [-0.2, 0) is 0 Å². The highest BCUT2D eigenvalue weighted by atomic mass is 15.2. The van der Waals surface area contributed by atoms with Gasteiger partial charge in [-0.2, -0.15) is 5.10 Å². The molecule has 0 spiro atoms. The number of fused-ring (bicyclic) bond motifs is 1. The van der Waals surface area contributed by atoms with E-state index in [-0.39, 0.29) is 0 Å². The van der Waals surface area contributed by atoms with Gasteiger partial charge < -0.3 is 0 Å². The molecule has 11 heavy (non-hydrogen) atoms. The Hall–Kier alpha value is -1.25. The van der Waals surface area contributed by atoms with E-state index in [2.05, 4.69) is 19.0 Å². The van der Waals surface area contributed by atoms with Crippen molar-refractivity contribution in [3.05, 3.63) is 30.1 Å². The minimum Gasteiger partial charge on any atom is -0.241 e. The third-order valence-electron chi connectivity index (χ3n) is 2.02. The first kappa shape index (κ1) is 6.46. The molecule has 2 aromatic heterocycles. The second kappa shape index (κ2) is 2.12. The van der Waals surface area contributed by atoms with Gasteiger partial charge in [0.05, 0.1) is 11.2 Å². The number of hydrogen-bond acceptors (Lipinski definition) is 1. The van der Waals surface area contributed by atoms with Crippen molar-refractivity contribution in [1.29, 1.82) is 0 Å². The number of nitrogens with zero attached hydrogens (tertiary/aromatic N) is 2. The standard InChI is InChI=1S/C8H9BN2/c1-6-8(9)7-4-2-3-5-11(7)10-6/h2-5H,9H2,1H3. The molecule has 0 bridgehead atoms. The fourth-order valence-electron chi connectivity index (χ4n) is 1.24. The Morgan fingerprint density at radius 3 is 3.00 bits per heavy atom. The predicted octanol–water partition coefficient (Wildman–Crippen LogP) is -0.0989. The van der Waals surface area contributed by atoms with Crippen LogP contribution in [0.2, 0.25) is 0 Å². The molecule has 0 aliphatic rings. The van der Waals surface area contributed by atoms with Gasteiger partial charge in [0.15, 0.2) is 0 Å². The van der Waals surface area contributed by atoms with Crippen molar-refractivity contribution in [1.82, 2.24) is 9.61 Å². The average Bonchev–Trinajstić information content (AvgIpc) is 2.30. The molecule has 0 unspecified atom stereocenters. The summed E-state index contributed by atoms with van der Waals surface area (Å²) in [6, 6.07) is 6.09. The lowest BCUT2D eigenvalue weighted by Crippen LogP contribution is -2.03. The van der Waals surface area contributed by atoms with E-state index in [0.29, 0.717) is 0 Å². The lowest BCUT2D eigenvalue weighted by atomic mass is 9.95. The summed E-state index contributed by atoms with van der Waals surface area (Å²) in [5, 5.41) is 4.33. The SMILES string of the molecule is Bc1c(C)nn2ccccc12. The molecule has 2 aromatic rings. The Bertz CT molecular complexity index is 392. The van der Waals surface area contributed by atoms with E-state index in [4.69, 9.17) is 0 Å². The average molecular weight is 144 g/mol. The first-order valence-corrected chi connectivity index (χ1v) is 3.69. The molecule has 2 heterocycles. The van der Waals surface area contributed by atoms with Gasteiger partial charge in [-0.25, -0.2) is 4.52 Å². The van der Waals surface area contributed by atoms with E-state index in [0.717, 1.165) is 5.69 Å². The highest BCUT2D eigenvalue weighted by Gasteiger charge is 2.01. The number of aromatic nitrogens is 2. The monoisotopic (exact) mass is 144 g/mol. The van der Waals surface area contributed by atoms with Gasteiger partial charge in [0.1, 0.15) is 7.85 Å². The van der Waals surface area contributed by atoms with Crippen LogP contribution >= 0.6 is 0 Å². The molecule has 0 aromatic carbocycles. The fraction of sp³-hybridized carbons (Fsp3) is 0.125. The fourth-order valence-corrected chi connectivity index (χ4v) is 1.24. The molecule has 0 radical (unpaired) electrons. The minimum absolute atomic E-state index is 1.11. The van der Waals surface area contributed by atoms with Crippen LogP contribution in [0.15, 0.2) is 24.4 Å². The number of pyridine rings is 1. The summed E-state index contributed by atoms with van der Waals surface area (Å²) < 4.78 is 1.91. The zero-order valence-electron chi connectivity index (χ0n) is 6.70. The summed E-state index contributed by atoms with van der Waals surface area (Å²) in [5.74, 6) is 0. The van der Waals surface area contributed by atoms with Crippen LogP contribution in [0.25, 0.3) is 5.52 Å². The van der Waals surface area contributed by atoms with E-state index in [1.807, 2.05) is 29.8 Å². The van der Waals surface area contributed by atoms with E-state index >= 15 is 0 Å². The van der Waals surface area contributed by atoms with Crippen molar-refractivity contribution in [2.75, 3.05) is 0 Å². The van der Waals surface area contributed by atoms with Crippen LogP contribution in [-0.4, -0.2) is 17.5 Å². The van der Waals surface area contributed by atoms with E-state index in [1.165, 1.54) is 11.0 Å². The van der Waals surface area contributed by atoms with Crippen molar-refractivity contribution < 1.29 is 0 Å². The largest absolute Gasteiger partial charge is 0.241 e. The Labute approximate surface area is 66.3 Å². The molecule has 0 aliphatic heterocycles. The predicted molar refractivity (Wildman–Crippen MR) is 48.1 cm³/mol. The first-order chi connectivity index (χ1) is 5.29. The lowest BCUT2D eigenvalue weighted by molar-refractivity contribution is 0.935. The highest BCUT2D eigenvalue weighted by Crippen LogP contribution is 1.99. The van der Waals surface area contributed by atoms with Crippen molar-refractivity contribution in [2.24, 2.45) is 0 Å². The van der Waals surface area contributed by atoms with Crippen LogP contribution in [0, 0.1) is 6.92 Å². The van der Waals surface area contributed by atoms with Crippen molar-refractivity contribution in [3.8, 4) is 0 Å². The molecule has 0 atom stereocenters. The molecule has 0 saturated carbocycles.